The number of hydrogen-bond donors (Lipinski definition) is 2. The molecule has 128 valence electrons. The maximum atomic E-state index is 11.1. The standard InChI is InChI=1S/C17H20N2O2.CH2O2/c1-12-4-2-3-5-15(12)16-18-10-11-19(16)14-8-6-13(7-9-14)17(20)21;2-1-3/h2-5,10-11,13-14H,6-9H2,1H3,(H,20,21);1H,(H,2,3). The fourth-order valence-electron chi connectivity index (χ4n) is 3.24. The van der Waals surface area contributed by atoms with E-state index in [-0.39, 0.29) is 12.4 Å². The van der Waals surface area contributed by atoms with E-state index >= 15 is 0 Å². The summed E-state index contributed by atoms with van der Waals surface area (Å²) in [6.45, 7) is 1.84. The summed E-state index contributed by atoms with van der Waals surface area (Å²) < 4.78 is 2.22. The number of aliphatic carboxylic acids is 1. The average molecular weight is 330 g/mol. The zero-order valence-electron chi connectivity index (χ0n) is 13.6. The number of aryl methyl sites for hydroxylation is 1. The Morgan fingerprint density at radius 3 is 2.46 bits per heavy atom. The van der Waals surface area contributed by atoms with Crippen LogP contribution in [0.15, 0.2) is 36.7 Å². The predicted octanol–water partition coefficient (Wildman–Crippen LogP) is 3.38. The van der Waals surface area contributed by atoms with E-state index in [0.29, 0.717) is 6.04 Å². The molecule has 0 radical (unpaired) electrons. The van der Waals surface area contributed by atoms with Crippen LogP contribution in [0, 0.1) is 12.8 Å². The highest BCUT2D eigenvalue weighted by molar-refractivity contribution is 5.70. The van der Waals surface area contributed by atoms with Crippen molar-refractivity contribution >= 4 is 12.4 Å². The van der Waals surface area contributed by atoms with Crippen molar-refractivity contribution in [2.75, 3.05) is 0 Å². The summed E-state index contributed by atoms with van der Waals surface area (Å²) in [7, 11) is 0. The van der Waals surface area contributed by atoms with Crippen LogP contribution < -0.4 is 0 Å². The highest BCUT2D eigenvalue weighted by Crippen LogP contribution is 2.35. The van der Waals surface area contributed by atoms with Gasteiger partial charge in [-0.2, -0.15) is 0 Å². The number of carboxylic acid groups (broad SMARTS) is 2. The van der Waals surface area contributed by atoms with Crippen LogP contribution in [-0.2, 0) is 9.59 Å². The Hall–Kier alpha value is -2.63. The summed E-state index contributed by atoms with van der Waals surface area (Å²) in [6, 6.07) is 8.61. The summed E-state index contributed by atoms with van der Waals surface area (Å²) in [5.41, 5.74) is 2.37. The Bertz CT molecular complexity index is 688. The van der Waals surface area contributed by atoms with Crippen LogP contribution in [0.5, 0.6) is 0 Å². The molecule has 1 heterocycles. The first-order chi connectivity index (χ1) is 11.6. The Labute approximate surface area is 140 Å². The normalized spacial score (nSPS) is 19.9. The van der Waals surface area contributed by atoms with Gasteiger partial charge in [-0.15, -0.1) is 0 Å². The van der Waals surface area contributed by atoms with Gasteiger partial charge in [0.1, 0.15) is 5.82 Å². The molecular formula is C18H22N2O4. The molecule has 3 rings (SSSR count). The van der Waals surface area contributed by atoms with Gasteiger partial charge in [-0.25, -0.2) is 4.98 Å². The molecule has 6 heteroatoms. The van der Waals surface area contributed by atoms with Crippen molar-refractivity contribution in [2.24, 2.45) is 5.92 Å². The van der Waals surface area contributed by atoms with Gasteiger partial charge in [0.25, 0.3) is 6.47 Å². The lowest BCUT2D eigenvalue weighted by Crippen LogP contribution is -2.23. The van der Waals surface area contributed by atoms with Crippen molar-refractivity contribution < 1.29 is 19.8 Å². The smallest absolute Gasteiger partial charge is 0.306 e. The lowest BCUT2D eigenvalue weighted by Gasteiger charge is -2.28. The number of aromatic nitrogens is 2. The molecule has 1 aromatic carbocycles. The third kappa shape index (κ3) is 4.01. The molecule has 6 nitrogen and oxygen atoms in total. The number of carbonyl (C=O) groups is 2. The summed E-state index contributed by atoms with van der Waals surface area (Å²) in [4.78, 5) is 23.9. The second kappa shape index (κ2) is 8.29. The second-order valence-electron chi connectivity index (χ2n) is 5.92. The number of rotatable bonds is 3. The number of benzene rings is 1. The van der Waals surface area contributed by atoms with Crippen LogP contribution >= 0.6 is 0 Å². The number of nitrogens with zero attached hydrogens (tertiary/aromatic N) is 2. The monoisotopic (exact) mass is 330 g/mol. The van der Waals surface area contributed by atoms with E-state index in [0.717, 1.165) is 37.1 Å². The van der Waals surface area contributed by atoms with Crippen molar-refractivity contribution in [1.29, 1.82) is 0 Å². The molecule has 0 amide bonds. The van der Waals surface area contributed by atoms with Crippen LogP contribution in [-0.4, -0.2) is 32.2 Å². The van der Waals surface area contributed by atoms with Crippen LogP contribution in [0.2, 0.25) is 0 Å². The summed E-state index contributed by atoms with van der Waals surface area (Å²) in [5.74, 6) is 0.164. The van der Waals surface area contributed by atoms with Gasteiger partial charge in [0.2, 0.25) is 0 Å². The summed E-state index contributed by atoms with van der Waals surface area (Å²) in [6.07, 6.45) is 7.19. The molecular weight excluding hydrogens is 308 g/mol. The Morgan fingerprint density at radius 2 is 1.88 bits per heavy atom. The number of carboxylic acids is 1. The molecule has 1 saturated carbocycles. The minimum atomic E-state index is -0.654. The largest absolute Gasteiger partial charge is 0.483 e. The van der Waals surface area contributed by atoms with Gasteiger partial charge < -0.3 is 14.8 Å². The van der Waals surface area contributed by atoms with E-state index in [9.17, 15) is 4.79 Å². The van der Waals surface area contributed by atoms with Gasteiger partial charge in [0, 0.05) is 24.0 Å². The predicted molar refractivity (Wildman–Crippen MR) is 89.7 cm³/mol. The molecule has 0 aliphatic heterocycles. The van der Waals surface area contributed by atoms with Crippen molar-refractivity contribution in [3.63, 3.8) is 0 Å². The van der Waals surface area contributed by atoms with Crippen LogP contribution in [0.3, 0.4) is 0 Å². The molecule has 0 unspecified atom stereocenters. The average Bonchev–Trinajstić information content (AvgIpc) is 3.05. The van der Waals surface area contributed by atoms with E-state index in [2.05, 4.69) is 28.6 Å². The van der Waals surface area contributed by atoms with E-state index in [1.807, 2.05) is 24.5 Å². The third-order valence-corrected chi connectivity index (χ3v) is 4.49. The minimum Gasteiger partial charge on any atom is -0.483 e. The van der Waals surface area contributed by atoms with Crippen molar-refractivity contribution in [3.05, 3.63) is 42.2 Å². The van der Waals surface area contributed by atoms with Crippen molar-refractivity contribution in [1.82, 2.24) is 9.55 Å². The lowest BCUT2D eigenvalue weighted by molar-refractivity contribution is -0.143. The maximum absolute atomic E-state index is 11.1. The fraction of sp³-hybridized carbons (Fsp3) is 0.389. The quantitative estimate of drug-likeness (QED) is 0.842. The number of imidazole rings is 1. The van der Waals surface area contributed by atoms with Crippen LogP contribution in [0.25, 0.3) is 11.4 Å². The molecule has 1 aromatic heterocycles. The van der Waals surface area contributed by atoms with Crippen molar-refractivity contribution in [3.8, 4) is 11.4 Å². The first-order valence-electron chi connectivity index (χ1n) is 7.98. The Balaban J connectivity index is 0.000000647. The van der Waals surface area contributed by atoms with E-state index in [1.165, 1.54) is 5.56 Å². The first-order valence-corrected chi connectivity index (χ1v) is 7.98. The molecule has 1 aliphatic rings. The SMILES string of the molecule is Cc1ccccc1-c1nccn1C1CCC(C(=O)O)CC1.O=CO. The molecule has 0 bridgehead atoms. The molecule has 24 heavy (non-hydrogen) atoms. The second-order valence-corrected chi connectivity index (χ2v) is 5.92. The Kier molecular flexibility index (Phi) is 6.12. The lowest BCUT2D eigenvalue weighted by atomic mass is 9.86. The minimum absolute atomic E-state index is 0.174. The molecule has 2 aromatic rings. The van der Waals surface area contributed by atoms with Gasteiger partial charge in [-0.05, 0) is 38.2 Å². The van der Waals surface area contributed by atoms with Gasteiger partial charge >= 0.3 is 5.97 Å². The molecule has 1 fully saturated rings. The Morgan fingerprint density at radius 1 is 1.25 bits per heavy atom. The maximum Gasteiger partial charge on any atom is 0.306 e. The summed E-state index contributed by atoms with van der Waals surface area (Å²) >= 11 is 0. The zero-order valence-corrected chi connectivity index (χ0v) is 13.6. The van der Waals surface area contributed by atoms with E-state index in [4.69, 9.17) is 15.0 Å². The number of hydrogen-bond acceptors (Lipinski definition) is 3. The topological polar surface area (TPSA) is 92.4 Å². The molecule has 0 spiro atoms. The highest BCUT2D eigenvalue weighted by atomic mass is 16.4. The van der Waals surface area contributed by atoms with Gasteiger partial charge in [0.15, 0.2) is 0 Å². The third-order valence-electron chi connectivity index (χ3n) is 4.49. The first kappa shape index (κ1) is 17.7. The zero-order chi connectivity index (χ0) is 17.5. The van der Waals surface area contributed by atoms with Crippen LogP contribution in [0.1, 0.15) is 37.3 Å². The van der Waals surface area contributed by atoms with Gasteiger partial charge in [0.05, 0.1) is 5.92 Å². The summed E-state index contributed by atoms with van der Waals surface area (Å²) in [5, 5.41) is 16.0. The molecule has 0 saturated heterocycles. The van der Waals surface area contributed by atoms with Gasteiger partial charge in [-0.1, -0.05) is 24.3 Å². The molecule has 2 N–H and O–H groups in total. The van der Waals surface area contributed by atoms with Crippen molar-refractivity contribution in [2.45, 2.75) is 38.6 Å². The van der Waals surface area contributed by atoms with Crippen LogP contribution in [0.4, 0.5) is 0 Å². The molecule has 1 aliphatic carbocycles. The molecule has 0 atom stereocenters. The van der Waals surface area contributed by atoms with E-state index < -0.39 is 5.97 Å². The van der Waals surface area contributed by atoms with E-state index in [1.54, 1.807) is 0 Å². The van der Waals surface area contributed by atoms with Gasteiger partial charge in [-0.3, -0.25) is 9.59 Å². The highest BCUT2D eigenvalue weighted by Gasteiger charge is 2.27. The fourth-order valence-corrected chi connectivity index (χ4v) is 3.24.